The van der Waals surface area contributed by atoms with Gasteiger partial charge < -0.3 is 25.0 Å². The van der Waals surface area contributed by atoms with Crippen LogP contribution in [0, 0.1) is 6.92 Å². The van der Waals surface area contributed by atoms with Gasteiger partial charge in [-0.3, -0.25) is 4.79 Å². The Bertz CT molecular complexity index is 800. The molecule has 0 unspecified atom stereocenters. The van der Waals surface area contributed by atoms with Crippen molar-refractivity contribution in [3.63, 3.8) is 0 Å². The number of hydrogen-bond acceptors (Lipinski definition) is 7. The molecule has 146 valence electrons. The van der Waals surface area contributed by atoms with E-state index in [0.29, 0.717) is 12.1 Å². The maximum Gasteiger partial charge on any atom is 0.268 e. The molecule has 1 spiro atoms. The number of aryl methyl sites for hydroxylation is 1. The Morgan fingerprint density at radius 2 is 2.22 bits per heavy atom. The number of anilines is 1. The first-order valence-electron chi connectivity index (χ1n) is 9.22. The van der Waals surface area contributed by atoms with Crippen LogP contribution in [0.1, 0.15) is 41.7 Å². The van der Waals surface area contributed by atoms with Crippen LogP contribution in [0.3, 0.4) is 0 Å². The number of aromatic nitrogens is 3. The number of H-pyrrole nitrogens is 1. The number of aliphatic hydroxyl groups excluding tert-OH is 1. The number of rotatable bonds is 3. The number of hydrogen-bond donors (Lipinski definition) is 3. The van der Waals surface area contributed by atoms with Crippen molar-refractivity contribution in [2.75, 3.05) is 24.6 Å². The fourth-order valence-electron chi connectivity index (χ4n) is 4.04. The molecule has 9 heteroatoms. The van der Waals surface area contributed by atoms with E-state index in [-0.39, 0.29) is 18.1 Å². The SMILES string of the molecule is Cc1nnc(N2CCC3(CC2)C[C@@](C)(NC(=O)c2ccc[nH]2)[C@H](O)CO3)s1. The molecule has 2 aliphatic heterocycles. The van der Waals surface area contributed by atoms with Gasteiger partial charge in [0, 0.05) is 25.7 Å². The van der Waals surface area contributed by atoms with Gasteiger partial charge in [-0.15, -0.1) is 10.2 Å². The number of carbonyl (C=O) groups is 1. The topological polar surface area (TPSA) is 103 Å². The molecule has 1 amide bonds. The van der Waals surface area contributed by atoms with Crippen molar-refractivity contribution in [3.05, 3.63) is 29.0 Å². The molecule has 2 fully saturated rings. The highest BCUT2D eigenvalue weighted by atomic mass is 32.1. The number of aliphatic hydroxyl groups is 1. The molecule has 0 aromatic carbocycles. The van der Waals surface area contributed by atoms with Crippen LogP contribution in [-0.2, 0) is 4.74 Å². The molecule has 8 nitrogen and oxygen atoms in total. The van der Waals surface area contributed by atoms with E-state index < -0.39 is 11.6 Å². The van der Waals surface area contributed by atoms with Crippen LogP contribution in [0.4, 0.5) is 5.13 Å². The van der Waals surface area contributed by atoms with Crippen molar-refractivity contribution in [1.29, 1.82) is 0 Å². The second kappa shape index (κ2) is 6.88. The summed E-state index contributed by atoms with van der Waals surface area (Å²) in [6, 6.07) is 3.51. The molecule has 0 bridgehead atoms. The first-order valence-corrected chi connectivity index (χ1v) is 10.0. The van der Waals surface area contributed by atoms with Crippen molar-refractivity contribution in [2.24, 2.45) is 0 Å². The first kappa shape index (κ1) is 18.4. The summed E-state index contributed by atoms with van der Waals surface area (Å²) in [7, 11) is 0. The third-order valence-electron chi connectivity index (χ3n) is 5.67. The zero-order chi connectivity index (χ0) is 19.1. The van der Waals surface area contributed by atoms with Crippen LogP contribution < -0.4 is 10.2 Å². The molecule has 2 saturated heterocycles. The van der Waals surface area contributed by atoms with Gasteiger partial charge in [0.1, 0.15) is 16.8 Å². The van der Waals surface area contributed by atoms with Gasteiger partial charge in [-0.2, -0.15) is 0 Å². The monoisotopic (exact) mass is 391 g/mol. The molecule has 4 heterocycles. The lowest BCUT2D eigenvalue weighted by Gasteiger charge is -2.51. The largest absolute Gasteiger partial charge is 0.388 e. The molecule has 2 atom stereocenters. The highest BCUT2D eigenvalue weighted by Crippen LogP contribution is 2.40. The fraction of sp³-hybridized carbons (Fsp3) is 0.611. The lowest BCUT2D eigenvalue weighted by Crippen LogP contribution is -2.65. The van der Waals surface area contributed by atoms with Gasteiger partial charge in [0.15, 0.2) is 0 Å². The number of amides is 1. The molecule has 0 aliphatic carbocycles. The smallest absolute Gasteiger partial charge is 0.268 e. The predicted octanol–water partition coefficient (Wildman–Crippen LogP) is 1.48. The molecule has 27 heavy (non-hydrogen) atoms. The summed E-state index contributed by atoms with van der Waals surface area (Å²) < 4.78 is 6.11. The average Bonchev–Trinajstić information content (AvgIpc) is 3.31. The Labute approximate surface area is 161 Å². The quantitative estimate of drug-likeness (QED) is 0.732. The van der Waals surface area contributed by atoms with Gasteiger partial charge >= 0.3 is 0 Å². The van der Waals surface area contributed by atoms with Crippen molar-refractivity contribution >= 4 is 22.4 Å². The molecule has 0 radical (unpaired) electrons. The van der Waals surface area contributed by atoms with Gasteiger partial charge in [-0.1, -0.05) is 11.3 Å². The van der Waals surface area contributed by atoms with Crippen LogP contribution in [-0.4, -0.2) is 63.1 Å². The molecule has 0 saturated carbocycles. The van der Waals surface area contributed by atoms with E-state index in [2.05, 4.69) is 25.4 Å². The number of aromatic amines is 1. The fourth-order valence-corrected chi connectivity index (χ4v) is 4.78. The average molecular weight is 391 g/mol. The number of carbonyl (C=O) groups excluding carboxylic acids is 1. The highest BCUT2D eigenvalue weighted by molar-refractivity contribution is 7.15. The van der Waals surface area contributed by atoms with Crippen molar-refractivity contribution in [2.45, 2.75) is 50.4 Å². The van der Waals surface area contributed by atoms with E-state index in [0.717, 1.165) is 36.1 Å². The third-order valence-corrected chi connectivity index (χ3v) is 6.57. The van der Waals surface area contributed by atoms with E-state index in [1.807, 2.05) is 13.8 Å². The van der Waals surface area contributed by atoms with Crippen LogP contribution in [0.2, 0.25) is 0 Å². The molecule has 2 aromatic heterocycles. The molecular formula is C18H25N5O3S. The number of nitrogens with one attached hydrogen (secondary N) is 2. The van der Waals surface area contributed by atoms with Crippen molar-refractivity contribution < 1.29 is 14.6 Å². The third kappa shape index (κ3) is 3.59. The second-order valence-corrected chi connectivity index (χ2v) is 8.89. The number of piperidine rings is 1. The minimum absolute atomic E-state index is 0.208. The second-order valence-electron chi connectivity index (χ2n) is 7.73. The molecule has 4 rings (SSSR count). The molecule has 2 aliphatic rings. The first-order chi connectivity index (χ1) is 12.9. The Morgan fingerprint density at radius 3 is 2.85 bits per heavy atom. The Morgan fingerprint density at radius 1 is 1.44 bits per heavy atom. The minimum atomic E-state index is -0.745. The Hall–Kier alpha value is -1.97. The van der Waals surface area contributed by atoms with Gasteiger partial charge in [0.05, 0.1) is 17.7 Å². The van der Waals surface area contributed by atoms with Crippen LogP contribution >= 0.6 is 11.3 Å². The normalized spacial score (nSPS) is 27.7. The maximum atomic E-state index is 12.5. The van der Waals surface area contributed by atoms with E-state index in [4.69, 9.17) is 4.74 Å². The molecular weight excluding hydrogens is 366 g/mol. The van der Waals surface area contributed by atoms with E-state index in [9.17, 15) is 9.90 Å². The zero-order valence-corrected chi connectivity index (χ0v) is 16.4. The van der Waals surface area contributed by atoms with Crippen LogP contribution in [0.5, 0.6) is 0 Å². The summed E-state index contributed by atoms with van der Waals surface area (Å²) in [5.74, 6) is -0.208. The minimum Gasteiger partial charge on any atom is -0.388 e. The van der Waals surface area contributed by atoms with Gasteiger partial charge in [0.2, 0.25) is 5.13 Å². The summed E-state index contributed by atoms with van der Waals surface area (Å²) in [5.41, 5.74) is -0.583. The van der Waals surface area contributed by atoms with E-state index in [1.54, 1.807) is 29.7 Å². The van der Waals surface area contributed by atoms with Crippen LogP contribution in [0.25, 0.3) is 0 Å². The lowest BCUT2D eigenvalue weighted by atomic mass is 9.74. The lowest BCUT2D eigenvalue weighted by molar-refractivity contribution is -0.167. The summed E-state index contributed by atoms with van der Waals surface area (Å²) in [6.45, 7) is 5.73. The van der Waals surface area contributed by atoms with Crippen LogP contribution in [0.15, 0.2) is 18.3 Å². The highest BCUT2D eigenvalue weighted by Gasteiger charge is 2.50. The number of ether oxygens (including phenoxy) is 1. The Balaban J connectivity index is 1.44. The molecule has 3 N–H and O–H groups in total. The maximum absolute atomic E-state index is 12.5. The number of nitrogens with zero attached hydrogens (tertiary/aromatic N) is 3. The standard InChI is InChI=1S/C18H25N5O3S/c1-12-21-22-16(27-12)23-8-5-18(6-9-23)11-17(2,14(24)10-26-18)20-15(25)13-4-3-7-19-13/h3-4,7,14,19,24H,5-6,8-11H2,1-2H3,(H,20,25)/t14-,17-/m1/s1. The molecule has 2 aromatic rings. The van der Waals surface area contributed by atoms with Gasteiger partial charge in [-0.05, 0) is 38.8 Å². The van der Waals surface area contributed by atoms with E-state index >= 15 is 0 Å². The Kier molecular flexibility index (Phi) is 4.69. The van der Waals surface area contributed by atoms with E-state index in [1.165, 1.54) is 0 Å². The zero-order valence-electron chi connectivity index (χ0n) is 15.6. The summed E-state index contributed by atoms with van der Waals surface area (Å²) >= 11 is 1.60. The van der Waals surface area contributed by atoms with Gasteiger partial charge in [-0.25, -0.2) is 0 Å². The van der Waals surface area contributed by atoms with Crippen molar-refractivity contribution in [3.8, 4) is 0 Å². The summed E-state index contributed by atoms with van der Waals surface area (Å²) in [6.07, 6.45) is 3.20. The van der Waals surface area contributed by atoms with Gasteiger partial charge in [0.25, 0.3) is 5.91 Å². The van der Waals surface area contributed by atoms with Crippen molar-refractivity contribution in [1.82, 2.24) is 20.5 Å². The predicted molar refractivity (Wildman–Crippen MR) is 102 cm³/mol. The summed E-state index contributed by atoms with van der Waals surface area (Å²) in [4.78, 5) is 17.7. The summed E-state index contributed by atoms with van der Waals surface area (Å²) in [5, 5.41) is 23.8.